The molecule has 100 valence electrons. The van der Waals surface area contributed by atoms with Crippen LogP contribution >= 0.6 is 23.2 Å². The van der Waals surface area contributed by atoms with Gasteiger partial charge in [-0.1, -0.05) is 23.2 Å². The lowest BCUT2D eigenvalue weighted by Gasteiger charge is -2.09. The molecule has 0 amide bonds. The van der Waals surface area contributed by atoms with Gasteiger partial charge in [0, 0.05) is 11.2 Å². The maximum Gasteiger partial charge on any atom is 0.339 e. The highest BCUT2D eigenvalue weighted by Gasteiger charge is 2.16. The largest absolute Gasteiger partial charge is 0.478 e. The Labute approximate surface area is 124 Å². The minimum atomic E-state index is -1.20. The zero-order valence-electron chi connectivity index (χ0n) is 9.80. The summed E-state index contributed by atoms with van der Waals surface area (Å²) in [6.45, 7) is 0. The predicted molar refractivity (Wildman–Crippen MR) is 72.4 cm³/mol. The number of pyridine rings is 1. The van der Waals surface area contributed by atoms with E-state index in [1.54, 1.807) is 0 Å². The molecule has 0 unspecified atom stereocenters. The van der Waals surface area contributed by atoms with Crippen molar-refractivity contribution in [3.05, 3.63) is 51.6 Å². The summed E-state index contributed by atoms with van der Waals surface area (Å²) in [5.41, 5.74) is 0.0558. The number of aromatic carboxylic acids is 1. The van der Waals surface area contributed by atoms with E-state index in [0.717, 1.165) is 0 Å². The van der Waals surface area contributed by atoms with Crippen LogP contribution in [0.25, 0.3) is 0 Å². The zero-order chi connectivity index (χ0) is 14.7. The molecule has 2 rings (SSSR count). The number of benzene rings is 1. The fourth-order valence-electron chi connectivity index (χ4n) is 1.44. The second-order valence-electron chi connectivity index (χ2n) is 3.64. The van der Waals surface area contributed by atoms with Gasteiger partial charge in [0.2, 0.25) is 5.88 Å². The van der Waals surface area contributed by atoms with Crippen LogP contribution in [0.4, 0.5) is 0 Å². The van der Waals surface area contributed by atoms with Crippen molar-refractivity contribution < 1.29 is 14.6 Å². The van der Waals surface area contributed by atoms with Gasteiger partial charge >= 0.3 is 5.97 Å². The van der Waals surface area contributed by atoms with E-state index in [-0.39, 0.29) is 32.8 Å². The molecule has 5 nitrogen and oxygen atoms in total. The van der Waals surface area contributed by atoms with Crippen molar-refractivity contribution in [1.82, 2.24) is 4.98 Å². The van der Waals surface area contributed by atoms with E-state index >= 15 is 0 Å². The van der Waals surface area contributed by atoms with E-state index in [4.69, 9.17) is 38.3 Å². The Hall–Kier alpha value is -2.29. The maximum absolute atomic E-state index is 11.1. The van der Waals surface area contributed by atoms with E-state index in [1.165, 1.54) is 30.5 Å². The summed E-state index contributed by atoms with van der Waals surface area (Å²) in [6, 6.07) is 7.42. The Bertz CT molecular complexity index is 726. The fourth-order valence-corrected chi connectivity index (χ4v) is 1.81. The number of hydrogen-bond donors (Lipinski definition) is 1. The number of aromatic nitrogens is 1. The van der Waals surface area contributed by atoms with E-state index in [1.807, 2.05) is 6.07 Å². The van der Waals surface area contributed by atoms with Crippen molar-refractivity contribution in [1.29, 1.82) is 5.26 Å². The fraction of sp³-hybridized carbons (Fsp3) is 0. The second kappa shape index (κ2) is 5.78. The number of carbonyl (C=O) groups is 1. The number of carboxylic acid groups (broad SMARTS) is 1. The maximum atomic E-state index is 11.1. The van der Waals surface area contributed by atoms with Crippen LogP contribution < -0.4 is 4.74 Å². The molecule has 0 aliphatic rings. The predicted octanol–water partition coefficient (Wildman–Crippen LogP) is 3.75. The molecule has 1 aromatic carbocycles. The standard InChI is InChI=1S/C13H6Cl2N2O3/c14-8-1-2-10(9(5-8)13(18)19)20-12-11(15)7(6-16)3-4-17-12/h1-5H,(H,18,19). The number of halogens is 2. The number of nitrogens with zero attached hydrogens (tertiary/aromatic N) is 2. The van der Waals surface area contributed by atoms with E-state index in [0.29, 0.717) is 0 Å². The molecule has 1 N–H and O–H groups in total. The third kappa shape index (κ3) is 2.82. The molecule has 7 heteroatoms. The van der Waals surface area contributed by atoms with E-state index in [2.05, 4.69) is 4.98 Å². The minimum Gasteiger partial charge on any atom is -0.478 e. The Morgan fingerprint density at radius 1 is 1.35 bits per heavy atom. The van der Waals surface area contributed by atoms with Crippen LogP contribution in [0, 0.1) is 11.3 Å². The van der Waals surface area contributed by atoms with Gasteiger partial charge in [-0.15, -0.1) is 0 Å². The molecule has 0 saturated carbocycles. The van der Waals surface area contributed by atoms with Gasteiger partial charge in [-0.25, -0.2) is 9.78 Å². The summed E-state index contributed by atoms with van der Waals surface area (Å²) in [6.07, 6.45) is 1.34. The summed E-state index contributed by atoms with van der Waals surface area (Å²) in [7, 11) is 0. The quantitative estimate of drug-likeness (QED) is 0.933. The van der Waals surface area contributed by atoms with Gasteiger partial charge in [-0.2, -0.15) is 5.26 Å². The third-order valence-electron chi connectivity index (χ3n) is 2.36. The molecule has 1 aromatic heterocycles. The van der Waals surface area contributed by atoms with Crippen LogP contribution in [-0.2, 0) is 0 Å². The summed E-state index contributed by atoms with van der Waals surface area (Å²) < 4.78 is 5.37. The van der Waals surface area contributed by atoms with Gasteiger partial charge < -0.3 is 9.84 Å². The van der Waals surface area contributed by atoms with Gasteiger partial charge in [-0.05, 0) is 24.3 Å². The van der Waals surface area contributed by atoms with E-state index in [9.17, 15) is 4.79 Å². The van der Waals surface area contributed by atoms with Crippen LogP contribution in [0.15, 0.2) is 30.5 Å². The summed E-state index contributed by atoms with van der Waals surface area (Å²) in [5, 5.41) is 18.2. The van der Waals surface area contributed by atoms with Crippen molar-refractivity contribution in [3.8, 4) is 17.7 Å². The minimum absolute atomic E-state index is 0.0151. The van der Waals surface area contributed by atoms with Crippen LogP contribution in [0.3, 0.4) is 0 Å². The first-order valence-corrected chi connectivity index (χ1v) is 6.04. The molecule has 0 bridgehead atoms. The van der Waals surface area contributed by atoms with Gasteiger partial charge in [0.05, 0.1) is 5.56 Å². The van der Waals surface area contributed by atoms with Gasteiger partial charge in [0.15, 0.2) is 0 Å². The highest BCUT2D eigenvalue weighted by Crippen LogP contribution is 2.32. The summed E-state index contributed by atoms with van der Waals surface area (Å²) in [5.74, 6) is -1.21. The highest BCUT2D eigenvalue weighted by molar-refractivity contribution is 6.33. The van der Waals surface area contributed by atoms with Crippen molar-refractivity contribution in [2.75, 3.05) is 0 Å². The molecule has 2 aromatic rings. The average molecular weight is 309 g/mol. The molecule has 0 fully saturated rings. The molecule has 0 aliphatic carbocycles. The third-order valence-corrected chi connectivity index (χ3v) is 2.96. The Morgan fingerprint density at radius 3 is 2.75 bits per heavy atom. The average Bonchev–Trinajstić information content (AvgIpc) is 2.42. The summed E-state index contributed by atoms with van der Waals surface area (Å²) in [4.78, 5) is 15.0. The van der Waals surface area contributed by atoms with Crippen molar-refractivity contribution in [2.24, 2.45) is 0 Å². The molecule has 0 atom stereocenters. The second-order valence-corrected chi connectivity index (χ2v) is 4.45. The Balaban J connectivity index is 2.46. The molecule has 1 heterocycles. The number of ether oxygens (including phenoxy) is 1. The lowest BCUT2D eigenvalue weighted by atomic mass is 10.2. The number of carboxylic acids is 1. The van der Waals surface area contributed by atoms with Crippen LogP contribution in [0.1, 0.15) is 15.9 Å². The van der Waals surface area contributed by atoms with Crippen LogP contribution in [0.5, 0.6) is 11.6 Å². The summed E-state index contributed by atoms with van der Waals surface area (Å²) >= 11 is 11.7. The van der Waals surface area contributed by atoms with E-state index < -0.39 is 5.97 Å². The van der Waals surface area contributed by atoms with Crippen molar-refractivity contribution in [2.45, 2.75) is 0 Å². The first-order valence-electron chi connectivity index (χ1n) is 5.28. The number of hydrogen-bond acceptors (Lipinski definition) is 4. The molecular weight excluding hydrogens is 303 g/mol. The first kappa shape index (κ1) is 14.1. The molecule has 0 aliphatic heterocycles. The lowest BCUT2D eigenvalue weighted by molar-refractivity contribution is 0.0694. The SMILES string of the molecule is N#Cc1ccnc(Oc2ccc(Cl)cc2C(=O)O)c1Cl. The Kier molecular flexibility index (Phi) is 4.08. The smallest absolute Gasteiger partial charge is 0.339 e. The van der Waals surface area contributed by atoms with Gasteiger partial charge in [0.25, 0.3) is 0 Å². The molecule has 0 spiro atoms. The zero-order valence-corrected chi connectivity index (χ0v) is 11.3. The van der Waals surface area contributed by atoms with Gasteiger partial charge in [0.1, 0.15) is 22.4 Å². The van der Waals surface area contributed by atoms with Crippen molar-refractivity contribution >= 4 is 29.2 Å². The monoisotopic (exact) mass is 308 g/mol. The molecule has 0 saturated heterocycles. The Morgan fingerprint density at radius 2 is 2.10 bits per heavy atom. The normalized spacial score (nSPS) is 9.85. The number of rotatable bonds is 3. The molecular formula is C13H6Cl2N2O3. The first-order chi connectivity index (χ1) is 9.52. The lowest BCUT2D eigenvalue weighted by Crippen LogP contribution is -2.01. The van der Waals surface area contributed by atoms with Crippen LogP contribution in [0.2, 0.25) is 10.0 Å². The van der Waals surface area contributed by atoms with Gasteiger partial charge in [-0.3, -0.25) is 0 Å². The topological polar surface area (TPSA) is 83.2 Å². The number of nitriles is 1. The van der Waals surface area contributed by atoms with Crippen molar-refractivity contribution in [3.63, 3.8) is 0 Å². The molecule has 20 heavy (non-hydrogen) atoms. The molecule has 0 radical (unpaired) electrons. The highest BCUT2D eigenvalue weighted by atomic mass is 35.5. The van der Waals surface area contributed by atoms with Crippen LogP contribution in [-0.4, -0.2) is 16.1 Å².